The Morgan fingerprint density at radius 2 is 0.482 bits per heavy atom. The molecule has 0 aliphatic rings. The molecule has 0 rings (SSSR count). The van der Waals surface area contributed by atoms with Crippen LogP contribution in [-0.4, -0.2) is 37.2 Å². The molecule has 0 bridgehead atoms. The lowest BCUT2D eigenvalue weighted by molar-refractivity contribution is -0.167. The van der Waals surface area contributed by atoms with E-state index in [0.717, 1.165) is 128 Å². The predicted octanol–water partition coefficient (Wildman–Crippen LogP) is 24.3. The molecule has 0 spiro atoms. The lowest BCUT2D eigenvalue weighted by atomic mass is 10.0. The Labute approximate surface area is 513 Å². The molecule has 0 saturated carbocycles. The molecule has 0 fully saturated rings. The van der Waals surface area contributed by atoms with Crippen molar-refractivity contribution < 1.29 is 28.6 Å². The molecule has 0 aromatic heterocycles. The maximum absolute atomic E-state index is 12.9. The molecule has 6 heteroatoms. The number of esters is 3. The summed E-state index contributed by atoms with van der Waals surface area (Å²) >= 11 is 0. The van der Waals surface area contributed by atoms with E-state index < -0.39 is 6.10 Å². The number of carbonyl (C=O) groups excluding carboxylic acids is 3. The second-order valence-corrected chi connectivity index (χ2v) is 23.1. The number of carbonyl (C=O) groups is 3. The summed E-state index contributed by atoms with van der Waals surface area (Å²) < 4.78 is 16.9. The van der Waals surface area contributed by atoms with E-state index >= 15 is 0 Å². The average molecular weight is 1150 g/mol. The molecule has 1 atom stereocenters. The van der Waals surface area contributed by atoms with Crippen LogP contribution in [0.2, 0.25) is 0 Å². The molecule has 0 aliphatic heterocycles. The lowest BCUT2D eigenvalue weighted by Gasteiger charge is -2.18. The van der Waals surface area contributed by atoms with Gasteiger partial charge in [0.15, 0.2) is 6.10 Å². The Hall–Kier alpha value is -4.19. The van der Waals surface area contributed by atoms with Gasteiger partial charge in [-0.25, -0.2) is 0 Å². The van der Waals surface area contributed by atoms with E-state index in [1.54, 1.807) is 0 Å². The highest BCUT2D eigenvalue weighted by Crippen LogP contribution is 2.17. The highest BCUT2D eigenvalue weighted by Gasteiger charge is 2.19. The number of hydrogen-bond acceptors (Lipinski definition) is 6. The smallest absolute Gasteiger partial charge is 0.306 e. The van der Waals surface area contributed by atoms with Crippen LogP contribution in [0.3, 0.4) is 0 Å². The van der Waals surface area contributed by atoms with Crippen molar-refractivity contribution in [3.8, 4) is 0 Å². The largest absolute Gasteiger partial charge is 0.462 e. The number of unbranched alkanes of at least 4 members (excludes halogenated alkanes) is 32. The Morgan fingerprint density at radius 3 is 0.783 bits per heavy atom. The van der Waals surface area contributed by atoms with Gasteiger partial charge in [-0.05, 0) is 109 Å². The van der Waals surface area contributed by atoms with E-state index in [0.29, 0.717) is 19.3 Å². The predicted molar refractivity (Wildman–Crippen MR) is 362 cm³/mol. The van der Waals surface area contributed by atoms with Crippen LogP contribution in [-0.2, 0) is 28.6 Å². The first-order chi connectivity index (χ1) is 41.0. The maximum Gasteiger partial charge on any atom is 0.306 e. The number of hydrogen-bond donors (Lipinski definition) is 0. The molecule has 83 heavy (non-hydrogen) atoms. The molecule has 0 aromatic rings. The fourth-order valence-corrected chi connectivity index (χ4v) is 9.71. The molecule has 0 saturated heterocycles. The molecular formula is C77H130O6. The minimum Gasteiger partial charge on any atom is -0.462 e. The molecule has 0 radical (unpaired) electrons. The number of rotatable bonds is 63. The monoisotopic (exact) mass is 1150 g/mol. The van der Waals surface area contributed by atoms with Crippen molar-refractivity contribution in [1.82, 2.24) is 0 Å². The van der Waals surface area contributed by atoms with Gasteiger partial charge in [-0.15, -0.1) is 0 Å². The zero-order valence-corrected chi connectivity index (χ0v) is 54.4. The van der Waals surface area contributed by atoms with E-state index in [-0.39, 0.29) is 31.1 Å². The molecule has 1 unspecified atom stereocenters. The Bertz CT molecular complexity index is 1700. The SMILES string of the molecule is CC/C=C\C/C=C\C/C=C\C/C=C\C/C=C\C/C=C\C/C=C\C/C=C\C/C=C\CCCCCCCCCC(=O)OCC(COC(=O)CCCCCCC/C=C\CCCC)OC(=O)CCCCCCCCCCCCCCCCCCCCC. The maximum atomic E-state index is 12.9. The van der Waals surface area contributed by atoms with Crippen molar-refractivity contribution >= 4 is 17.9 Å². The first-order valence-electron chi connectivity index (χ1n) is 35.0. The Kier molecular flexibility index (Phi) is 66.7. The Balaban J connectivity index is 4.24. The minimum atomic E-state index is -0.787. The quantitative estimate of drug-likeness (QED) is 0.0261. The first-order valence-corrected chi connectivity index (χ1v) is 35.0. The van der Waals surface area contributed by atoms with Gasteiger partial charge in [0.2, 0.25) is 0 Å². The van der Waals surface area contributed by atoms with Gasteiger partial charge >= 0.3 is 17.9 Å². The molecule has 0 N–H and O–H groups in total. The van der Waals surface area contributed by atoms with Crippen LogP contribution in [0.1, 0.15) is 329 Å². The van der Waals surface area contributed by atoms with Gasteiger partial charge in [-0.1, -0.05) is 322 Å². The van der Waals surface area contributed by atoms with E-state index in [9.17, 15) is 14.4 Å². The second kappa shape index (κ2) is 70.3. The summed E-state index contributed by atoms with van der Waals surface area (Å²) in [6.45, 7) is 6.50. The van der Waals surface area contributed by atoms with Crippen LogP contribution >= 0.6 is 0 Å². The second-order valence-electron chi connectivity index (χ2n) is 23.1. The molecule has 0 amide bonds. The summed E-state index contributed by atoms with van der Waals surface area (Å²) in [4.78, 5) is 38.3. The zero-order chi connectivity index (χ0) is 59.9. The third-order valence-electron chi connectivity index (χ3n) is 15.0. The fourth-order valence-electron chi connectivity index (χ4n) is 9.71. The minimum absolute atomic E-state index is 0.0839. The fraction of sp³-hybridized carbons (Fsp3) is 0.701. The third-order valence-corrected chi connectivity index (χ3v) is 15.0. The van der Waals surface area contributed by atoms with Crippen LogP contribution in [0.4, 0.5) is 0 Å². The van der Waals surface area contributed by atoms with Crippen molar-refractivity contribution in [2.24, 2.45) is 0 Å². The third kappa shape index (κ3) is 68.5. The summed E-state index contributed by atoms with van der Waals surface area (Å²) in [7, 11) is 0. The molecule has 474 valence electrons. The van der Waals surface area contributed by atoms with Crippen molar-refractivity contribution in [2.45, 2.75) is 335 Å². The normalized spacial score (nSPS) is 12.9. The summed E-state index contributed by atoms with van der Waals surface area (Å²) in [5, 5.41) is 0. The number of allylic oxidation sites excluding steroid dienone is 20. The van der Waals surface area contributed by atoms with Gasteiger partial charge < -0.3 is 14.2 Å². The van der Waals surface area contributed by atoms with Gasteiger partial charge in [-0.2, -0.15) is 0 Å². The van der Waals surface area contributed by atoms with E-state index in [1.165, 1.54) is 161 Å². The van der Waals surface area contributed by atoms with Crippen LogP contribution < -0.4 is 0 Å². The number of ether oxygens (including phenoxy) is 3. The van der Waals surface area contributed by atoms with Crippen molar-refractivity contribution in [2.75, 3.05) is 13.2 Å². The molecule has 0 aliphatic carbocycles. The standard InChI is InChI=1S/C77H130O6/c1-4-7-10-13-16-19-22-24-26-28-30-31-32-33-34-35-36-37-38-39-40-41-42-43-44-45-47-48-50-52-55-58-61-64-67-70-76(79)82-73-74(72-81-75(78)69-66-63-60-57-54-21-18-15-12-9-6-3)83-77(80)71-68-65-62-59-56-53-51-49-46-29-27-25-23-20-17-14-11-8-5-2/h7,10,15-16,18-19,24,26,30-31,33-34,36-37,39-40,42-43,45,47,74H,4-6,8-9,11-14,17,20-23,25,27-29,32,35,38,41,44,46,48-73H2,1-3H3/b10-7-,18-15-,19-16-,26-24-,31-30-,34-33-,37-36-,40-39-,43-42-,47-45-. The molecule has 0 heterocycles. The zero-order valence-electron chi connectivity index (χ0n) is 54.4. The van der Waals surface area contributed by atoms with Gasteiger partial charge in [0.05, 0.1) is 0 Å². The lowest BCUT2D eigenvalue weighted by Crippen LogP contribution is -2.30. The van der Waals surface area contributed by atoms with Crippen LogP contribution in [0.5, 0.6) is 0 Å². The van der Waals surface area contributed by atoms with Crippen molar-refractivity contribution in [1.29, 1.82) is 0 Å². The molecule has 0 aromatic carbocycles. The van der Waals surface area contributed by atoms with Gasteiger partial charge in [0.25, 0.3) is 0 Å². The summed E-state index contributed by atoms with van der Waals surface area (Å²) in [6.07, 6.45) is 98.0. The molecular weight excluding hydrogens is 1020 g/mol. The highest BCUT2D eigenvalue weighted by molar-refractivity contribution is 5.71. The summed E-state index contributed by atoms with van der Waals surface area (Å²) in [5.74, 6) is -0.893. The summed E-state index contributed by atoms with van der Waals surface area (Å²) in [5.41, 5.74) is 0. The van der Waals surface area contributed by atoms with Gasteiger partial charge in [-0.3, -0.25) is 14.4 Å². The topological polar surface area (TPSA) is 78.9 Å². The van der Waals surface area contributed by atoms with Crippen molar-refractivity contribution in [3.05, 3.63) is 122 Å². The van der Waals surface area contributed by atoms with Crippen LogP contribution in [0.25, 0.3) is 0 Å². The van der Waals surface area contributed by atoms with E-state index in [2.05, 4.69) is 142 Å². The van der Waals surface area contributed by atoms with Gasteiger partial charge in [0, 0.05) is 19.3 Å². The van der Waals surface area contributed by atoms with E-state index in [1.807, 2.05) is 0 Å². The van der Waals surface area contributed by atoms with E-state index in [4.69, 9.17) is 14.2 Å². The average Bonchev–Trinajstić information content (AvgIpc) is 3.48. The van der Waals surface area contributed by atoms with Crippen LogP contribution in [0, 0.1) is 0 Å². The van der Waals surface area contributed by atoms with Gasteiger partial charge in [0.1, 0.15) is 13.2 Å². The summed E-state index contributed by atoms with van der Waals surface area (Å²) in [6, 6.07) is 0. The highest BCUT2D eigenvalue weighted by atomic mass is 16.6. The first kappa shape index (κ1) is 78.8. The van der Waals surface area contributed by atoms with Crippen molar-refractivity contribution in [3.63, 3.8) is 0 Å². The van der Waals surface area contributed by atoms with Crippen LogP contribution in [0.15, 0.2) is 122 Å². The Morgan fingerprint density at radius 1 is 0.253 bits per heavy atom. The molecule has 6 nitrogen and oxygen atoms in total.